The fourth-order valence-electron chi connectivity index (χ4n) is 3.20. The minimum atomic E-state index is -4.85. The Balaban J connectivity index is 1.63. The fraction of sp³-hybridized carbons (Fsp3) is 0.389. The molecule has 1 aromatic carbocycles. The molecule has 0 amide bonds. The maximum atomic E-state index is 12.8. The van der Waals surface area contributed by atoms with Gasteiger partial charge in [0.2, 0.25) is 0 Å². The average molecular weight is 441 g/mol. The molecule has 1 fully saturated rings. The zero-order valence-corrected chi connectivity index (χ0v) is 16.2. The number of halogens is 3. The highest BCUT2D eigenvalue weighted by Crippen LogP contribution is 2.41. The van der Waals surface area contributed by atoms with Crippen LogP contribution in [0.15, 0.2) is 33.9 Å². The van der Waals surface area contributed by atoms with E-state index in [0.29, 0.717) is 6.42 Å². The second-order valence-corrected chi connectivity index (χ2v) is 7.21. The van der Waals surface area contributed by atoms with E-state index < -0.39 is 29.0 Å². The lowest BCUT2D eigenvalue weighted by atomic mass is 10.2. The molecule has 0 radical (unpaired) electrons. The fourth-order valence-corrected chi connectivity index (χ4v) is 3.20. The number of rotatable bonds is 7. The maximum absolute atomic E-state index is 12.8. The summed E-state index contributed by atoms with van der Waals surface area (Å²) in [7, 11) is 1.44. The van der Waals surface area contributed by atoms with Gasteiger partial charge in [0.15, 0.2) is 11.2 Å². The topological polar surface area (TPSA) is 126 Å². The first kappa shape index (κ1) is 20.9. The van der Waals surface area contributed by atoms with Gasteiger partial charge in [-0.1, -0.05) is 6.07 Å². The van der Waals surface area contributed by atoms with E-state index in [4.69, 9.17) is 15.5 Å². The highest BCUT2D eigenvalue weighted by atomic mass is 19.4. The van der Waals surface area contributed by atoms with Gasteiger partial charge in [-0.3, -0.25) is 18.8 Å². The Bertz CT molecular complexity index is 1240. The number of nitrogens with two attached hydrogens (primary N) is 1. The van der Waals surface area contributed by atoms with Crippen LogP contribution in [0.3, 0.4) is 0 Å². The summed E-state index contributed by atoms with van der Waals surface area (Å²) in [5, 5.41) is 0. The molecule has 0 spiro atoms. The summed E-state index contributed by atoms with van der Waals surface area (Å²) in [6.45, 7) is 0.102. The summed E-state index contributed by atoms with van der Waals surface area (Å²) >= 11 is 0. The highest BCUT2D eigenvalue weighted by molar-refractivity contribution is 5.70. The number of aromatic amines is 1. The number of H-pyrrole nitrogens is 1. The summed E-state index contributed by atoms with van der Waals surface area (Å²) in [5.41, 5.74) is -1.64. The van der Waals surface area contributed by atoms with E-state index in [0.717, 1.165) is 29.5 Å². The van der Waals surface area contributed by atoms with E-state index in [9.17, 15) is 22.8 Å². The monoisotopic (exact) mass is 441 g/mol. The predicted molar refractivity (Wildman–Crippen MR) is 101 cm³/mol. The minimum absolute atomic E-state index is 0.0121. The standard InChI is InChI=1S/C18H18F3N5O5/c1-25-13-12(14(27)26(16(25)28)8-7-17(31-22)5-6-17)23-15(24-13)29-10-3-2-4-11(9-10)30-18(19,20)21/h2-4,9H,5-8,22H2,1H3,(H,23,24). The van der Waals surface area contributed by atoms with Crippen LogP contribution in [-0.4, -0.2) is 31.1 Å². The second-order valence-electron chi connectivity index (χ2n) is 7.21. The summed E-state index contributed by atoms with van der Waals surface area (Å²) in [4.78, 5) is 37.1. The van der Waals surface area contributed by atoms with E-state index in [2.05, 4.69) is 14.7 Å². The normalized spacial score (nSPS) is 15.3. The molecule has 1 aliphatic carbocycles. The lowest BCUT2D eigenvalue weighted by Crippen LogP contribution is -2.40. The van der Waals surface area contributed by atoms with Crippen LogP contribution in [0.25, 0.3) is 11.2 Å². The molecule has 3 aromatic rings. The molecule has 0 unspecified atom stereocenters. The summed E-state index contributed by atoms with van der Waals surface area (Å²) in [5.74, 6) is 4.78. The van der Waals surface area contributed by atoms with Crippen molar-refractivity contribution in [2.75, 3.05) is 0 Å². The van der Waals surface area contributed by atoms with Gasteiger partial charge < -0.3 is 14.5 Å². The van der Waals surface area contributed by atoms with Crippen molar-refractivity contribution in [2.24, 2.45) is 12.9 Å². The average Bonchev–Trinajstić information content (AvgIpc) is 3.36. The molecule has 0 bridgehead atoms. The minimum Gasteiger partial charge on any atom is -0.425 e. The van der Waals surface area contributed by atoms with E-state index in [-0.39, 0.29) is 29.5 Å². The summed E-state index contributed by atoms with van der Waals surface area (Å²) < 4.78 is 48.7. The zero-order chi connectivity index (χ0) is 22.4. The molecule has 0 saturated heterocycles. The molecule has 4 rings (SSSR count). The summed E-state index contributed by atoms with van der Waals surface area (Å²) in [6.07, 6.45) is -2.96. The SMILES string of the molecule is Cn1c(=O)n(CCC2(ON)CC2)c(=O)c2[nH]c(Oc3cccc(OC(F)(F)F)c3)nc21. The molecular formula is C18H18F3N5O5. The molecule has 1 aliphatic rings. The number of fused-ring (bicyclic) bond motifs is 1. The van der Waals surface area contributed by atoms with Crippen molar-refractivity contribution in [3.05, 3.63) is 45.1 Å². The van der Waals surface area contributed by atoms with Gasteiger partial charge in [-0.25, -0.2) is 10.7 Å². The first-order valence-corrected chi connectivity index (χ1v) is 9.22. The Kier molecular flexibility index (Phi) is 5.01. The van der Waals surface area contributed by atoms with E-state index >= 15 is 0 Å². The van der Waals surface area contributed by atoms with E-state index in [1.807, 2.05) is 0 Å². The summed E-state index contributed by atoms with van der Waals surface area (Å²) in [6, 6.07) is 4.64. The molecule has 1 saturated carbocycles. The van der Waals surface area contributed by atoms with Gasteiger partial charge in [0, 0.05) is 19.7 Å². The van der Waals surface area contributed by atoms with Crippen molar-refractivity contribution in [3.63, 3.8) is 0 Å². The van der Waals surface area contributed by atoms with Crippen molar-refractivity contribution in [3.8, 4) is 17.5 Å². The molecule has 10 nitrogen and oxygen atoms in total. The largest absolute Gasteiger partial charge is 0.573 e. The Morgan fingerprint density at radius 2 is 1.97 bits per heavy atom. The number of ether oxygens (including phenoxy) is 2. The molecule has 2 aromatic heterocycles. The molecular weight excluding hydrogens is 423 g/mol. The number of aryl methyl sites for hydroxylation is 1. The number of benzene rings is 1. The Labute approximate surface area is 171 Å². The quantitative estimate of drug-likeness (QED) is 0.537. The Hall–Kier alpha value is -3.32. The van der Waals surface area contributed by atoms with Crippen LogP contribution in [0.5, 0.6) is 17.5 Å². The highest BCUT2D eigenvalue weighted by Gasteiger charge is 2.43. The van der Waals surface area contributed by atoms with Crippen LogP contribution in [-0.2, 0) is 18.4 Å². The Morgan fingerprint density at radius 3 is 2.61 bits per heavy atom. The van der Waals surface area contributed by atoms with Crippen molar-refractivity contribution in [2.45, 2.75) is 37.8 Å². The number of nitrogens with one attached hydrogen (secondary N) is 1. The smallest absolute Gasteiger partial charge is 0.425 e. The molecule has 2 heterocycles. The number of nitrogens with zero attached hydrogens (tertiary/aromatic N) is 3. The van der Waals surface area contributed by atoms with Crippen molar-refractivity contribution in [1.29, 1.82) is 0 Å². The van der Waals surface area contributed by atoms with Gasteiger partial charge in [0.1, 0.15) is 11.5 Å². The molecule has 0 aliphatic heterocycles. The van der Waals surface area contributed by atoms with Crippen LogP contribution in [0.2, 0.25) is 0 Å². The third-order valence-electron chi connectivity index (χ3n) is 5.06. The number of imidazole rings is 1. The van der Waals surface area contributed by atoms with Crippen LogP contribution >= 0.6 is 0 Å². The van der Waals surface area contributed by atoms with Crippen molar-refractivity contribution < 1.29 is 27.5 Å². The molecule has 166 valence electrons. The van der Waals surface area contributed by atoms with Crippen LogP contribution in [0.1, 0.15) is 19.3 Å². The first-order chi connectivity index (χ1) is 14.6. The number of alkyl halides is 3. The lowest BCUT2D eigenvalue weighted by Gasteiger charge is -2.13. The van der Waals surface area contributed by atoms with Gasteiger partial charge in [-0.15, -0.1) is 13.2 Å². The maximum Gasteiger partial charge on any atom is 0.573 e. The molecule has 3 N–H and O–H groups in total. The van der Waals surface area contributed by atoms with Gasteiger partial charge in [-0.2, -0.15) is 4.98 Å². The lowest BCUT2D eigenvalue weighted by molar-refractivity contribution is -0.274. The molecule has 31 heavy (non-hydrogen) atoms. The van der Waals surface area contributed by atoms with Crippen LogP contribution in [0, 0.1) is 0 Å². The van der Waals surface area contributed by atoms with Crippen LogP contribution in [0.4, 0.5) is 13.2 Å². The predicted octanol–water partition coefficient (Wildman–Crippen LogP) is 1.93. The molecule has 0 atom stereocenters. The third kappa shape index (κ3) is 4.27. The van der Waals surface area contributed by atoms with E-state index in [1.165, 1.54) is 23.7 Å². The van der Waals surface area contributed by atoms with Gasteiger partial charge in [0.25, 0.3) is 5.56 Å². The number of aromatic nitrogens is 4. The van der Waals surface area contributed by atoms with Gasteiger partial charge in [-0.05, 0) is 31.4 Å². The van der Waals surface area contributed by atoms with Crippen LogP contribution < -0.4 is 26.6 Å². The van der Waals surface area contributed by atoms with E-state index in [1.54, 1.807) is 0 Å². The van der Waals surface area contributed by atoms with Gasteiger partial charge in [0.05, 0.1) is 5.60 Å². The Morgan fingerprint density at radius 1 is 1.26 bits per heavy atom. The van der Waals surface area contributed by atoms with Crippen molar-refractivity contribution >= 4 is 11.2 Å². The van der Waals surface area contributed by atoms with Crippen molar-refractivity contribution in [1.82, 2.24) is 19.1 Å². The molecule has 13 heteroatoms. The zero-order valence-electron chi connectivity index (χ0n) is 16.2. The van der Waals surface area contributed by atoms with Gasteiger partial charge >= 0.3 is 18.1 Å². The number of hydrogen-bond donors (Lipinski definition) is 2. The second kappa shape index (κ2) is 7.42. The number of hydrogen-bond acceptors (Lipinski definition) is 7. The third-order valence-corrected chi connectivity index (χ3v) is 5.06. The first-order valence-electron chi connectivity index (χ1n) is 9.22.